The molecule has 0 amide bonds. The average Bonchev–Trinajstić information content (AvgIpc) is 3.04. The number of nitrogens with zero attached hydrogens (tertiary/aromatic N) is 2. The van der Waals surface area contributed by atoms with E-state index >= 15 is 0 Å². The number of thiazole rings is 1. The summed E-state index contributed by atoms with van der Waals surface area (Å²) in [5, 5.41) is 4.81. The van der Waals surface area contributed by atoms with E-state index in [9.17, 15) is 0 Å². The topological polar surface area (TPSA) is 28.2 Å². The zero-order valence-corrected chi connectivity index (χ0v) is 12.4. The molecular formula is C14H25N3S. The highest BCUT2D eigenvalue weighted by Gasteiger charge is 2.12. The third-order valence-electron chi connectivity index (χ3n) is 3.68. The lowest BCUT2D eigenvalue weighted by molar-refractivity contribution is 0.343. The summed E-state index contributed by atoms with van der Waals surface area (Å²) in [7, 11) is 0. The second-order valence-corrected chi connectivity index (χ2v) is 6.41. The van der Waals surface area contributed by atoms with Gasteiger partial charge in [-0.1, -0.05) is 6.92 Å². The standard InChI is InChI=1S/C14H25N3S/c1-3-12(2)15-10-13-11-16-14(18-13)6-9-17-7-4-5-8-17/h11-12,15H,3-10H2,1-2H3. The predicted molar refractivity (Wildman–Crippen MR) is 78.1 cm³/mol. The molecule has 102 valence electrons. The molecule has 3 nitrogen and oxygen atoms in total. The molecule has 0 saturated carbocycles. The minimum Gasteiger partial charge on any atom is -0.309 e. The molecular weight excluding hydrogens is 242 g/mol. The highest BCUT2D eigenvalue weighted by Crippen LogP contribution is 2.15. The second-order valence-electron chi connectivity index (χ2n) is 5.21. The molecule has 1 aromatic heterocycles. The van der Waals surface area contributed by atoms with Crippen molar-refractivity contribution in [2.24, 2.45) is 0 Å². The molecule has 1 atom stereocenters. The van der Waals surface area contributed by atoms with Gasteiger partial charge in [0.05, 0.1) is 5.01 Å². The van der Waals surface area contributed by atoms with Crippen LogP contribution in [-0.4, -0.2) is 35.6 Å². The Morgan fingerprint density at radius 2 is 2.22 bits per heavy atom. The van der Waals surface area contributed by atoms with Gasteiger partial charge in [0, 0.05) is 36.6 Å². The van der Waals surface area contributed by atoms with Crippen molar-refractivity contribution in [2.45, 2.75) is 52.1 Å². The molecule has 4 heteroatoms. The summed E-state index contributed by atoms with van der Waals surface area (Å²) in [5.74, 6) is 0. The lowest BCUT2D eigenvalue weighted by Crippen LogP contribution is -2.23. The smallest absolute Gasteiger partial charge is 0.0940 e. The Kier molecular flexibility index (Phi) is 5.60. The fourth-order valence-corrected chi connectivity index (χ4v) is 3.09. The normalized spacial score (nSPS) is 18.3. The summed E-state index contributed by atoms with van der Waals surface area (Å²) >= 11 is 1.87. The maximum absolute atomic E-state index is 4.53. The van der Waals surface area contributed by atoms with E-state index in [2.05, 4.69) is 29.0 Å². The van der Waals surface area contributed by atoms with Crippen LogP contribution in [0.5, 0.6) is 0 Å². The number of rotatable bonds is 7. The van der Waals surface area contributed by atoms with Crippen LogP contribution in [0.15, 0.2) is 6.20 Å². The largest absolute Gasteiger partial charge is 0.309 e. The Balaban J connectivity index is 1.71. The minimum absolute atomic E-state index is 0.597. The van der Waals surface area contributed by atoms with Crippen LogP contribution in [0.1, 0.15) is 43.0 Å². The van der Waals surface area contributed by atoms with Gasteiger partial charge in [-0.3, -0.25) is 0 Å². The lowest BCUT2D eigenvalue weighted by Gasteiger charge is -2.12. The summed E-state index contributed by atoms with van der Waals surface area (Å²) in [4.78, 5) is 8.45. The highest BCUT2D eigenvalue weighted by atomic mass is 32.1. The van der Waals surface area contributed by atoms with Crippen LogP contribution >= 0.6 is 11.3 Å². The maximum Gasteiger partial charge on any atom is 0.0940 e. The van der Waals surface area contributed by atoms with E-state index < -0.39 is 0 Å². The lowest BCUT2D eigenvalue weighted by atomic mass is 10.2. The first-order chi connectivity index (χ1) is 8.78. The molecule has 0 bridgehead atoms. The van der Waals surface area contributed by atoms with Gasteiger partial charge < -0.3 is 10.2 Å². The van der Waals surface area contributed by atoms with Gasteiger partial charge in [-0.15, -0.1) is 11.3 Å². The first kappa shape index (κ1) is 14.0. The van der Waals surface area contributed by atoms with Gasteiger partial charge in [0.2, 0.25) is 0 Å². The third kappa shape index (κ3) is 4.34. The fraction of sp³-hybridized carbons (Fsp3) is 0.786. The van der Waals surface area contributed by atoms with Gasteiger partial charge in [-0.2, -0.15) is 0 Å². The van der Waals surface area contributed by atoms with Gasteiger partial charge >= 0.3 is 0 Å². The van der Waals surface area contributed by atoms with Crippen molar-refractivity contribution in [3.05, 3.63) is 16.1 Å². The molecule has 0 aromatic carbocycles. The Morgan fingerprint density at radius 3 is 2.94 bits per heavy atom. The molecule has 0 spiro atoms. The van der Waals surface area contributed by atoms with Crippen molar-refractivity contribution in [3.63, 3.8) is 0 Å². The van der Waals surface area contributed by atoms with Crippen LogP contribution in [-0.2, 0) is 13.0 Å². The van der Waals surface area contributed by atoms with Crippen LogP contribution in [0.25, 0.3) is 0 Å². The van der Waals surface area contributed by atoms with E-state index in [1.165, 1.54) is 48.8 Å². The van der Waals surface area contributed by atoms with Crippen LogP contribution < -0.4 is 5.32 Å². The first-order valence-electron chi connectivity index (χ1n) is 7.17. The SMILES string of the molecule is CCC(C)NCc1cnc(CCN2CCCC2)s1. The highest BCUT2D eigenvalue weighted by molar-refractivity contribution is 7.11. The monoisotopic (exact) mass is 267 g/mol. The molecule has 18 heavy (non-hydrogen) atoms. The van der Waals surface area contributed by atoms with E-state index in [1.807, 2.05) is 17.5 Å². The molecule has 2 rings (SSSR count). The van der Waals surface area contributed by atoms with E-state index in [0.29, 0.717) is 6.04 Å². The Bertz CT molecular complexity index is 345. The summed E-state index contributed by atoms with van der Waals surface area (Å²) < 4.78 is 0. The van der Waals surface area contributed by atoms with Crippen molar-refractivity contribution in [1.29, 1.82) is 0 Å². The molecule has 1 aliphatic heterocycles. The van der Waals surface area contributed by atoms with Gasteiger partial charge in [-0.25, -0.2) is 4.98 Å². The zero-order valence-electron chi connectivity index (χ0n) is 11.6. The summed E-state index contributed by atoms with van der Waals surface area (Å²) in [5.41, 5.74) is 0. The molecule has 0 radical (unpaired) electrons. The maximum atomic E-state index is 4.53. The molecule has 1 aromatic rings. The molecule has 2 heterocycles. The Hall–Kier alpha value is -0.450. The molecule has 0 aliphatic carbocycles. The van der Waals surface area contributed by atoms with E-state index in [0.717, 1.165) is 13.0 Å². The van der Waals surface area contributed by atoms with Crippen LogP contribution in [0.4, 0.5) is 0 Å². The summed E-state index contributed by atoms with van der Waals surface area (Å²) in [6.07, 6.45) is 7.10. The molecule has 1 fully saturated rings. The average molecular weight is 267 g/mol. The third-order valence-corrected chi connectivity index (χ3v) is 4.74. The fourth-order valence-electron chi connectivity index (χ4n) is 2.22. The van der Waals surface area contributed by atoms with Gasteiger partial charge in [0.1, 0.15) is 0 Å². The van der Waals surface area contributed by atoms with Crippen molar-refractivity contribution < 1.29 is 0 Å². The van der Waals surface area contributed by atoms with Crippen molar-refractivity contribution in [1.82, 2.24) is 15.2 Å². The number of hydrogen-bond acceptors (Lipinski definition) is 4. The van der Waals surface area contributed by atoms with Gasteiger partial charge in [0.15, 0.2) is 0 Å². The Labute approximate surface area is 115 Å². The van der Waals surface area contributed by atoms with Crippen LogP contribution in [0.3, 0.4) is 0 Å². The number of likely N-dealkylation sites (tertiary alicyclic amines) is 1. The van der Waals surface area contributed by atoms with Crippen molar-refractivity contribution in [3.8, 4) is 0 Å². The summed E-state index contributed by atoms with van der Waals surface area (Å²) in [6.45, 7) is 9.17. The second kappa shape index (κ2) is 7.22. The number of aromatic nitrogens is 1. The first-order valence-corrected chi connectivity index (χ1v) is 7.99. The quantitative estimate of drug-likeness (QED) is 0.823. The predicted octanol–water partition coefficient (Wildman–Crippen LogP) is 2.67. The number of nitrogens with one attached hydrogen (secondary N) is 1. The molecule has 1 saturated heterocycles. The van der Waals surface area contributed by atoms with Crippen LogP contribution in [0.2, 0.25) is 0 Å². The Morgan fingerprint density at radius 1 is 1.44 bits per heavy atom. The van der Waals surface area contributed by atoms with E-state index in [4.69, 9.17) is 0 Å². The minimum atomic E-state index is 0.597. The van der Waals surface area contributed by atoms with E-state index in [-0.39, 0.29) is 0 Å². The van der Waals surface area contributed by atoms with Crippen molar-refractivity contribution >= 4 is 11.3 Å². The zero-order chi connectivity index (χ0) is 12.8. The molecule has 1 N–H and O–H groups in total. The van der Waals surface area contributed by atoms with Crippen molar-refractivity contribution in [2.75, 3.05) is 19.6 Å². The van der Waals surface area contributed by atoms with E-state index in [1.54, 1.807) is 0 Å². The molecule has 1 aliphatic rings. The number of hydrogen-bond donors (Lipinski definition) is 1. The summed E-state index contributed by atoms with van der Waals surface area (Å²) in [6, 6.07) is 0.597. The van der Waals surface area contributed by atoms with Gasteiger partial charge in [-0.05, 0) is 39.3 Å². The van der Waals surface area contributed by atoms with Crippen LogP contribution in [0, 0.1) is 0 Å². The van der Waals surface area contributed by atoms with Gasteiger partial charge in [0.25, 0.3) is 0 Å². The molecule has 1 unspecified atom stereocenters.